The second-order valence-electron chi connectivity index (χ2n) is 14.8. The van der Waals surface area contributed by atoms with Gasteiger partial charge in [0.15, 0.2) is 0 Å². The van der Waals surface area contributed by atoms with Crippen LogP contribution in [0.2, 0.25) is 0 Å². The Morgan fingerprint density at radius 1 is 0.473 bits per heavy atom. The normalized spacial score (nSPS) is 14.5. The van der Waals surface area contributed by atoms with Crippen molar-refractivity contribution >= 4 is 13.6 Å². The molecule has 0 atom stereocenters. The van der Waals surface area contributed by atoms with Gasteiger partial charge in [0, 0.05) is 0 Å². The second kappa shape index (κ2) is 26.0. The van der Waals surface area contributed by atoms with Crippen LogP contribution in [0.15, 0.2) is 121 Å². The van der Waals surface area contributed by atoms with Gasteiger partial charge in [0.25, 0.3) is 0 Å². The highest BCUT2D eigenvalue weighted by atomic mass is 16.5. The number of hydrogen-bond acceptors (Lipinski definition) is 4. The van der Waals surface area contributed by atoms with Gasteiger partial charge in [0.05, 0.1) is 0 Å². The lowest BCUT2D eigenvalue weighted by molar-refractivity contribution is -0.0987. The van der Waals surface area contributed by atoms with E-state index in [0.717, 1.165) is 34.8 Å². The summed E-state index contributed by atoms with van der Waals surface area (Å²) < 4.78 is 11.8. The zero-order chi connectivity index (χ0) is 39.7. The maximum absolute atomic E-state index is 8.00. The fourth-order valence-corrected chi connectivity index (χ4v) is 6.93. The largest absolute Gasteiger partial charge is 0.457 e. The molecular weight excluding hydrogens is 677 g/mol. The first-order valence-electron chi connectivity index (χ1n) is 20.3. The Labute approximate surface area is 332 Å². The van der Waals surface area contributed by atoms with Gasteiger partial charge in [-0.15, -0.1) is 0 Å². The van der Waals surface area contributed by atoms with Gasteiger partial charge < -0.3 is 19.1 Å². The van der Waals surface area contributed by atoms with Gasteiger partial charge in [-0.1, -0.05) is 156 Å². The molecule has 0 N–H and O–H groups in total. The Bertz CT molecular complexity index is 1700. The van der Waals surface area contributed by atoms with E-state index in [2.05, 4.69) is 113 Å². The van der Waals surface area contributed by atoms with Crippen LogP contribution in [0.1, 0.15) is 119 Å². The highest BCUT2D eigenvalue weighted by Crippen LogP contribution is 2.36. The minimum absolute atomic E-state index is 0.745. The number of carbonyl (C=O) groups excluding carboxylic acids is 2. The van der Waals surface area contributed by atoms with Crippen LogP contribution >= 0.6 is 0 Å². The van der Waals surface area contributed by atoms with E-state index >= 15 is 0 Å². The van der Waals surface area contributed by atoms with E-state index in [9.17, 15) is 0 Å². The maximum atomic E-state index is 8.00. The Morgan fingerprint density at radius 2 is 0.836 bits per heavy atom. The molecule has 0 radical (unpaired) electrons. The predicted octanol–water partition coefficient (Wildman–Crippen LogP) is 14.8. The van der Waals surface area contributed by atoms with Crippen LogP contribution in [0.4, 0.5) is 0 Å². The average molecular weight is 741 g/mol. The van der Waals surface area contributed by atoms with Crippen molar-refractivity contribution in [2.24, 2.45) is 5.92 Å². The van der Waals surface area contributed by atoms with Gasteiger partial charge in [-0.3, -0.25) is 0 Å². The average Bonchev–Trinajstić information content (AvgIpc) is 3.23. The standard InChI is InChI=1S/C29H36O.C20H24O.2CH2O/c1-3-4-5-6-7-8-9-10-11-25-14-16-26(17-15-25)27-18-22-29(23-19-27)30-28-20-12-24(2)13-21-28;1-15-3-7-17(8-4-15)18-9-13-20(14-10-18)21-19-11-5-16(2)6-12-19;2*1-2/h12-23H,3-11H2,1-2H3;5-6,9-15,17H,3-4,7-8H2,1-2H3;2*1H2. The van der Waals surface area contributed by atoms with Crippen molar-refractivity contribution in [1.82, 2.24) is 0 Å². The van der Waals surface area contributed by atoms with Crippen LogP contribution < -0.4 is 9.47 Å². The smallest absolute Gasteiger partial charge is 0.127 e. The molecule has 0 heterocycles. The van der Waals surface area contributed by atoms with Crippen molar-refractivity contribution in [3.63, 3.8) is 0 Å². The third kappa shape index (κ3) is 16.5. The molecule has 292 valence electrons. The van der Waals surface area contributed by atoms with Crippen molar-refractivity contribution in [2.75, 3.05) is 0 Å². The Kier molecular flexibility index (Phi) is 21.0. The van der Waals surface area contributed by atoms with E-state index in [0.29, 0.717) is 0 Å². The summed E-state index contributed by atoms with van der Waals surface area (Å²) in [5.74, 6) is 5.22. The number of rotatable bonds is 15. The fraction of sp³-hybridized carbons (Fsp3) is 0.373. The van der Waals surface area contributed by atoms with E-state index in [1.807, 2.05) is 50.0 Å². The monoisotopic (exact) mass is 740 g/mol. The van der Waals surface area contributed by atoms with Crippen molar-refractivity contribution in [1.29, 1.82) is 0 Å². The highest BCUT2D eigenvalue weighted by Gasteiger charge is 2.19. The van der Waals surface area contributed by atoms with Crippen molar-refractivity contribution in [3.8, 4) is 34.1 Å². The molecule has 1 saturated carbocycles. The van der Waals surface area contributed by atoms with Gasteiger partial charge in [0.2, 0.25) is 0 Å². The molecule has 0 unspecified atom stereocenters. The molecule has 55 heavy (non-hydrogen) atoms. The summed E-state index contributed by atoms with van der Waals surface area (Å²) in [4.78, 5) is 16.0. The quantitative estimate of drug-likeness (QED) is 0.100. The molecule has 4 nitrogen and oxygen atoms in total. The molecule has 1 fully saturated rings. The number of aryl methyl sites for hydroxylation is 3. The van der Waals surface area contributed by atoms with E-state index in [-0.39, 0.29) is 0 Å². The SMILES string of the molecule is C=O.C=O.CCCCCCCCCCc1ccc(-c2ccc(Oc3ccc(C)cc3)cc2)cc1.Cc1ccc(Oc2ccc(C3CCC(C)CC3)cc2)cc1. The van der Waals surface area contributed by atoms with Crippen LogP contribution in [0.25, 0.3) is 11.1 Å². The van der Waals surface area contributed by atoms with Gasteiger partial charge in [-0.05, 0) is 122 Å². The molecule has 0 aliphatic heterocycles. The molecule has 1 aliphatic rings. The summed E-state index contributed by atoms with van der Waals surface area (Å²) in [6.45, 7) is 12.8. The molecule has 4 heteroatoms. The lowest BCUT2D eigenvalue weighted by Gasteiger charge is -2.26. The van der Waals surface area contributed by atoms with Crippen LogP contribution in [-0.4, -0.2) is 13.6 Å². The Balaban J connectivity index is 0.000000284. The molecule has 0 aromatic heterocycles. The maximum Gasteiger partial charge on any atom is 0.127 e. The number of ether oxygens (including phenoxy) is 2. The minimum atomic E-state index is 0.745. The molecule has 0 bridgehead atoms. The zero-order valence-electron chi connectivity index (χ0n) is 33.9. The summed E-state index contributed by atoms with van der Waals surface area (Å²) in [6.07, 6.45) is 17.6. The van der Waals surface area contributed by atoms with Gasteiger partial charge >= 0.3 is 0 Å². The molecule has 0 spiro atoms. The van der Waals surface area contributed by atoms with E-state index in [4.69, 9.17) is 19.1 Å². The first-order chi connectivity index (χ1) is 26.9. The van der Waals surface area contributed by atoms with Crippen LogP contribution in [0, 0.1) is 19.8 Å². The third-order valence-corrected chi connectivity index (χ3v) is 10.3. The summed E-state index contributed by atoms with van der Waals surface area (Å²) in [5, 5.41) is 0. The summed E-state index contributed by atoms with van der Waals surface area (Å²) in [5.41, 5.74) is 7.90. The number of carbonyl (C=O) groups is 2. The van der Waals surface area contributed by atoms with Crippen LogP contribution in [0.3, 0.4) is 0 Å². The number of benzene rings is 5. The first-order valence-corrected chi connectivity index (χ1v) is 20.3. The Hall–Kier alpha value is -4.96. The van der Waals surface area contributed by atoms with Gasteiger partial charge in [-0.25, -0.2) is 0 Å². The van der Waals surface area contributed by atoms with E-state index in [1.54, 1.807) is 0 Å². The van der Waals surface area contributed by atoms with Crippen molar-refractivity contribution < 1.29 is 19.1 Å². The molecule has 5 aromatic carbocycles. The summed E-state index contributed by atoms with van der Waals surface area (Å²) >= 11 is 0. The van der Waals surface area contributed by atoms with Crippen molar-refractivity contribution in [3.05, 3.63) is 144 Å². The molecule has 0 saturated heterocycles. The van der Waals surface area contributed by atoms with Gasteiger partial charge in [-0.2, -0.15) is 0 Å². The molecule has 5 aromatic rings. The first kappa shape index (κ1) is 44.4. The highest BCUT2D eigenvalue weighted by molar-refractivity contribution is 5.64. The van der Waals surface area contributed by atoms with E-state index < -0.39 is 0 Å². The molecular formula is C51H64O4. The zero-order valence-corrected chi connectivity index (χ0v) is 33.9. The van der Waals surface area contributed by atoms with Crippen molar-refractivity contribution in [2.45, 2.75) is 117 Å². The predicted molar refractivity (Wildman–Crippen MR) is 232 cm³/mol. The lowest BCUT2D eigenvalue weighted by Crippen LogP contribution is -2.10. The molecule has 1 aliphatic carbocycles. The van der Waals surface area contributed by atoms with E-state index in [1.165, 1.54) is 117 Å². The Morgan fingerprint density at radius 3 is 1.27 bits per heavy atom. The third-order valence-electron chi connectivity index (χ3n) is 10.3. The topological polar surface area (TPSA) is 52.6 Å². The van der Waals surface area contributed by atoms with Crippen LogP contribution in [-0.2, 0) is 16.0 Å². The van der Waals surface area contributed by atoms with Gasteiger partial charge in [0.1, 0.15) is 36.6 Å². The fourth-order valence-electron chi connectivity index (χ4n) is 6.93. The second-order valence-corrected chi connectivity index (χ2v) is 14.8. The minimum Gasteiger partial charge on any atom is -0.457 e. The lowest BCUT2D eigenvalue weighted by atomic mass is 9.79. The number of hydrogen-bond donors (Lipinski definition) is 0. The number of unbranched alkanes of at least 4 members (excludes halogenated alkanes) is 7. The molecule has 0 amide bonds. The van der Waals surface area contributed by atoms with Crippen LogP contribution in [0.5, 0.6) is 23.0 Å². The summed E-state index contributed by atoms with van der Waals surface area (Å²) in [7, 11) is 0. The molecule has 6 rings (SSSR count). The summed E-state index contributed by atoms with van der Waals surface area (Å²) in [6, 6.07) is 42.5.